The number of amidine groups is 1. The van der Waals surface area contributed by atoms with Crippen LogP contribution in [0.2, 0.25) is 0 Å². The first kappa shape index (κ1) is 22.8. The lowest BCUT2D eigenvalue weighted by atomic mass is 10.1. The third kappa shape index (κ3) is 5.44. The van der Waals surface area contributed by atoms with E-state index >= 15 is 0 Å². The lowest BCUT2D eigenvalue weighted by Gasteiger charge is -2.35. The van der Waals surface area contributed by atoms with E-state index in [9.17, 15) is 14.2 Å². The molecule has 1 aromatic carbocycles. The minimum atomic E-state index is -2.78. The third-order valence-electron chi connectivity index (χ3n) is 4.66. The normalized spacial score (nSPS) is 18.2. The highest BCUT2D eigenvalue weighted by Gasteiger charge is 2.31. The quantitative estimate of drug-likeness (QED) is 0.223. The molecule has 0 amide bonds. The van der Waals surface area contributed by atoms with Gasteiger partial charge in [0.05, 0.1) is 16.8 Å². The molecule has 1 unspecified atom stereocenters. The lowest BCUT2D eigenvalue weighted by molar-refractivity contribution is 0.234. The van der Waals surface area contributed by atoms with Crippen molar-refractivity contribution in [2.24, 2.45) is 4.99 Å². The maximum absolute atomic E-state index is 13.4. The molecule has 0 aliphatic carbocycles. The largest absolute Gasteiger partial charge is 0.362 e. The minimum absolute atomic E-state index is 0.0101. The van der Waals surface area contributed by atoms with Crippen LogP contribution in [0.25, 0.3) is 0 Å². The van der Waals surface area contributed by atoms with Crippen LogP contribution in [0.5, 0.6) is 0 Å². The average molecular weight is 505 g/mol. The number of hydrogen-bond donors (Lipinski definition) is 3. The zero-order valence-corrected chi connectivity index (χ0v) is 19.0. The highest BCUT2D eigenvalue weighted by molar-refractivity contribution is 9.10. The van der Waals surface area contributed by atoms with Crippen molar-refractivity contribution in [3.05, 3.63) is 34.2 Å². The van der Waals surface area contributed by atoms with Crippen molar-refractivity contribution in [2.45, 2.75) is 25.8 Å². The maximum Gasteiger partial charge on any atom is 0.269 e. The number of piperidine rings is 1. The SMILES string of the molecule is CCOP(C)(=O)N1CCC(Nc2nonc2C(=Nc2ccc(F)c(Br)c2)NO)CC1. The van der Waals surface area contributed by atoms with E-state index in [1.807, 2.05) is 17.1 Å². The number of aromatic nitrogens is 2. The number of rotatable bonds is 7. The number of anilines is 1. The van der Waals surface area contributed by atoms with Gasteiger partial charge in [0, 0.05) is 25.8 Å². The summed E-state index contributed by atoms with van der Waals surface area (Å²) in [4.78, 5) is 4.23. The van der Waals surface area contributed by atoms with Crippen molar-refractivity contribution >= 4 is 40.8 Å². The predicted octanol–water partition coefficient (Wildman–Crippen LogP) is 3.76. The van der Waals surface area contributed by atoms with Gasteiger partial charge in [-0.05, 0) is 64.2 Å². The number of hydrogen-bond acceptors (Lipinski definition) is 8. The van der Waals surface area contributed by atoms with Crippen LogP contribution in [0, 0.1) is 5.82 Å². The Labute approximate surface area is 181 Å². The summed E-state index contributed by atoms with van der Waals surface area (Å²) >= 11 is 3.10. The van der Waals surface area contributed by atoms with Gasteiger partial charge in [0.15, 0.2) is 11.5 Å². The van der Waals surface area contributed by atoms with Gasteiger partial charge in [-0.2, -0.15) is 0 Å². The van der Waals surface area contributed by atoms with E-state index in [4.69, 9.17) is 9.15 Å². The highest BCUT2D eigenvalue weighted by atomic mass is 79.9. The Bertz CT molecular complexity index is 950. The van der Waals surface area contributed by atoms with Crippen LogP contribution in [0.1, 0.15) is 25.5 Å². The molecule has 0 saturated carbocycles. The van der Waals surface area contributed by atoms with Crippen molar-refractivity contribution in [3.8, 4) is 0 Å². The van der Waals surface area contributed by atoms with Crippen LogP contribution in [-0.2, 0) is 9.09 Å². The van der Waals surface area contributed by atoms with Gasteiger partial charge in [-0.1, -0.05) is 0 Å². The Balaban J connectivity index is 1.70. The average Bonchev–Trinajstić information content (AvgIpc) is 3.17. The minimum Gasteiger partial charge on any atom is -0.362 e. The van der Waals surface area contributed by atoms with Crippen LogP contribution in [0.3, 0.4) is 0 Å². The Morgan fingerprint density at radius 3 is 2.83 bits per heavy atom. The fourth-order valence-corrected chi connectivity index (χ4v) is 5.11. The summed E-state index contributed by atoms with van der Waals surface area (Å²) in [5.41, 5.74) is 2.55. The molecule has 1 atom stereocenters. The first-order valence-electron chi connectivity index (χ1n) is 9.34. The van der Waals surface area contributed by atoms with Gasteiger partial charge in [0.1, 0.15) is 5.82 Å². The number of aliphatic imine (C=N–C) groups is 1. The number of halogens is 2. The van der Waals surface area contributed by atoms with Gasteiger partial charge < -0.3 is 9.84 Å². The Morgan fingerprint density at radius 1 is 1.47 bits per heavy atom. The fourth-order valence-electron chi connectivity index (χ4n) is 3.14. The standard InChI is InChI=1S/C17H23BrFN6O4P/c1-3-28-30(2,27)25-8-6-11(7-9-25)20-17-15(23-29-24-17)16(22-26)21-12-4-5-14(19)13(18)10-12/h4-5,10-11,26H,3,6-9H2,1-2H3,(H,20,24)(H,21,22). The van der Waals surface area contributed by atoms with E-state index in [2.05, 4.69) is 36.6 Å². The topological polar surface area (TPSA) is 125 Å². The fraction of sp³-hybridized carbons (Fsp3) is 0.471. The molecule has 3 rings (SSSR count). The van der Waals surface area contributed by atoms with Crippen molar-refractivity contribution in [3.63, 3.8) is 0 Å². The molecule has 2 heterocycles. The molecule has 10 nitrogen and oxygen atoms in total. The summed E-state index contributed by atoms with van der Waals surface area (Å²) in [5.74, 6) is -0.131. The number of hydroxylamine groups is 1. The molecule has 1 fully saturated rings. The van der Waals surface area contributed by atoms with E-state index in [0.717, 1.165) is 0 Å². The van der Waals surface area contributed by atoms with Crippen LogP contribution in [0.4, 0.5) is 15.9 Å². The van der Waals surface area contributed by atoms with E-state index in [-0.39, 0.29) is 22.0 Å². The van der Waals surface area contributed by atoms with Crippen molar-refractivity contribution in [1.29, 1.82) is 0 Å². The lowest BCUT2D eigenvalue weighted by Crippen LogP contribution is -2.38. The molecule has 1 aliphatic rings. The summed E-state index contributed by atoms with van der Waals surface area (Å²) in [7, 11) is -2.78. The van der Waals surface area contributed by atoms with Crippen LogP contribution in [-0.4, -0.2) is 58.4 Å². The summed E-state index contributed by atoms with van der Waals surface area (Å²) in [6.45, 7) is 5.07. The summed E-state index contributed by atoms with van der Waals surface area (Å²) in [6, 6.07) is 4.20. The molecule has 3 N–H and O–H groups in total. The second-order valence-electron chi connectivity index (χ2n) is 6.73. The molecular weight excluding hydrogens is 482 g/mol. The molecule has 13 heteroatoms. The van der Waals surface area contributed by atoms with E-state index < -0.39 is 13.3 Å². The number of nitrogens with zero attached hydrogens (tertiary/aromatic N) is 4. The van der Waals surface area contributed by atoms with Gasteiger partial charge in [0.2, 0.25) is 5.82 Å². The molecule has 164 valence electrons. The molecule has 30 heavy (non-hydrogen) atoms. The van der Waals surface area contributed by atoms with Gasteiger partial charge in [0.25, 0.3) is 7.52 Å². The molecule has 1 aromatic heterocycles. The Morgan fingerprint density at radius 2 is 2.20 bits per heavy atom. The van der Waals surface area contributed by atoms with E-state index in [0.29, 0.717) is 44.0 Å². The number of benzene rings is 1. The summed E-state index contributed by atoms with van der Waals surface area (Å²) in [6.07, 6.45) is 1.42. The van der Waals surface area contributed by atoms with E-state index in [1.165, 1.54) is 18.2 Å². The molecule has 1 saturated heterocycles. The van der Waals surface area contributed by atoms with Gasteiger partial charge in [-0.25, -0.2) is 18.7 Å². The molecule has 2 aromatic rings. The van der Waals surface area contributed by atoms with Gasteiger partial charge in [-0.3, -0.25) is 15.3 Å². The smallest absolute Gasteiger partial charge is 0.269 e. The maximum atomic E-state index is 13.4. The van der Waals surface area contributed by atoms with Crippen LogP contribution in [0.15, 0.2) is 32.3 Å². The third-order valence-corrected chi connectivity index (χ3v) is 7.43. The molecule has 0 spiro atoms. The van der Waals surface area contributed by atoms with Gasteiger partial charge >= 0.3 is 0 Å². The van der Waals surface area contributed by atoms with E-state index in [1.54, 1.807) is 6.66 Å². The number of nitrogens with one attached hydrogen (secondary N) is 2. The van der Waals surface area contributed by atoms with Crippen molar-refractivity contribution in [1.82, 2.24) is 20.5 Å². The zero-order valence-electron chi connectivity index (χ0n) is 16.5. The molecule has 0 radical (unpaired) electrons. The monoisotopic (exact) mass is 504 g/mol. The first-order chi connectivity index (χ1) is 14.3. The summed E-state index contributed by atoms with van der Waals surface area (Å²) < 4.78 is 38.3. The predicted molar refractivity (Wildman–Crippen MR) is 113 cm³/mol. The molecule has 1 aliphatic heterocycles. The molecule has 0 bridgehead atoms. The Kier molecular flexibility index (Phi) is 7.59. The van der Waals surface area contributed by atoms with Crippen molar-refractivity contribution < 1.29 is 23.3 Å². The second kappa shape index (κ2) is 9.97. The molecular formula is C17H23BrFN6O4P. The van der Waals surface area contributed by atoms with Crippen molar-refractivity contribution in [2.75, 3.05) is 31.7 Å². The first-order valence-corrected chi connectivity index (χ1v) is 12.2. The zero-order chi connectivity index (χ0) is 21.7. The van der Waals surface area contributed by atoms with Crippen LogP contribution < -0.4 is 10.8 Å². The Hall–Kier alpha value is -1.85. The van der Waals surface area contributed by atoms with Crippen LogP contribution >= 0.6 is 23.4 Å². The summed E-state index contributed by atoms with van der Waals surface area (Å²) in [5, 5.41) is 20.4. The van der Waals surface area contributed by atoms with Gasteiger partial charge in [-0.15, -0.1) is 0 Å². The highest BCUT2D eigenvalue weighted by Crippen LogP contribution is 2.48. The second-order valence-corrected chi connectivity index (χ2v) is 10.0.